The second kappa shape index (κ2) is 8.41. The van der Waals surface area contributed by atoms with Crippen LogP contribution in [0.3, 0.4) is 0 Å². The van der Waals surface area contributed by atoms with Gasteiger partial charge in [0.2, 0.25) is 0 Å². The van der Waals surface area contributed by atoms with Gasteiger partial charge >= 0.3 is 0 Å². The van der Waals surface area contributed by atoms with Gasteiger partial charge in [0.05, 0.1) is 0 Å². The number of nitrogens with zero attached hydrogens (tertiary/aromatic N) is 1. The van der Waals surface area contributed by atoms with Gasteiger partial charge in [-0.1, -0.05) is 44.7 Å². The molecule has 0 aliphatic heterocycles. The third-order valence-electron chi connectivity index (χ3n) is 4.03. The molecule has 1 rings (SSSR count). The maximum Gasteiger partial charge on any atom is 0.139 e. The zero-order valence-corrected chi connectivity index (χ0v) is 12.6. The second-order valence-electron chi connectivity index (χ2n) is 6.54. The molecular weight excluding hydrogens is 238 g/mol. The zero-order valence-electron chi connectivity index (χ0n) is 12.6. The van der Waals surface area contributed by atoms with E-state index >= 15 is 0 Å². The van der Waals surface area contributed by atoms with Gasteiger partial charge in [0, 0.05) is 13.0 Å². The summed E-state index contributed by atoms with van der Waals surface area (Å²) in [4.78, 5) is 0. The van der Waals surface area contributed by atoms with Crippen molar-refractivity contribution in [3.63, 3.8) is 0 Å². The SMILES string of the molecule is CC(C)CCCCCCNCC1(CC(N)=NO)CC1. The molecule has 1 aliphatic carbocycles. The quantitative estimate of drug-likeness (QED) is 0.177. The predicted molar refractivity (Wildman–Crippen MR) is 80.5 cm³/mol. The van der Waals surface area contributed by atoms with E-state index in [1.54, 1.807) is 0 Å². The molecule has 0 spiro atoms. The van der Waals surface area contributed by atoms with Gasteiger partial charge in [0.1, 0.15) is 5.84 Å². The van der Waals surface area contributed by atoms with Crippen molar-refractivity contribution in [1.82, 2.24) is 5.32 Å². The van der Waals surface area contributed by atoms with Gasteiger partial charge in [-0.25, -0.2) is 0 Å². The molecule has 4 heteroatoms. The highest BCUT2D eigenvalue weighted by atomic mass is 16.4. The molecule has 1 saturated carbocycles. The van der Waals surface area contributed by atoms with Crippen LogP contribution < -0.4 is 11.1 Å². The van der Waals surface area contributed by atoms with Crippen LogP contribution in [0.15, 0.2) is 5.16 Å². The Morgan fingerprint density at radius 1 is 1.26 bits per heavy atom. The van der Waals surface area contributed by atoms with Crippen molar-refractivity contribution in [3.8, 4) is 0 Å². The van der Waals surface area contributed by atoms with Crippen molar-refractivity contribution >= 4 is 5.84 Å². The molecule has 0 aromatic carbocycles. The summed E-state index contributed by atoms with van der Waals surface area (Å²) in [6.07, 6.45) is 9.79. The minimum atomic E-state index is 0.286. The predicted octanol–water partition coefficient (Wildman–Crippen LogP) is 3.10. The molecule has 0 aromatic heterocycles. The highest BCUT2D eigenvalue weighted by Gasteiger charge is 2.42. The Labute approximate surface area is 117 Å². The molecular formula is C15H31N3O. The molecule has 0 heterocycles. The van der Waals surface area contributed by atoms with Crippen LogP contribution >= 0.6 is 0 Å². The topological polar surface area (TPSA) is 70.6 Å². The molecule has 0 radical (unpaired) electrons. The lowest BCUT2D eigenvalue weighted by Gasteiger charge is -2.15. The van der Waals surface area contributed by atoms with Crippen LogP contribution in [0.4, 0.5) is 0 Å². The summed E-state index contributed by atoms with van der Waals surface area (Å²) < 4.78 is 0. The first-order valence-electron chi connectivity index (χ1n) is 7.75. The number of hydrogen-bond acceptors (Lipinski definition) is 3. The Morgan fingerprint density at radius 2 is 1.95 bits per heavy atom. The van der Waals surface area contributed by atoms with E-state index in [1.807, 2.05) is 0 Å². The van der Waals surface area contributed by atoms with Crippen molar-refractivity contribution in [1.29, 1.82) is 0 Å². The van der Waals surface area contributed by atoms with Gasteiger partial charge in [0.25, 0.3) is 0 Å². The Kier molecular flexibility index (Phi) is 7.21. The molecule has 1 fully saturated rings. The van der Waals surface area contributed by atoms with Crippen molar-refractivity contribution < 1.29 is 5.21 Å². The average Bonchev–Trinajstić information content (AvgIpc) is 3.12. The highest BCUT2D eigenvalue weighted by Crippen LogP contribution is 2.48. The van der Waals surface area contributed by atoms with Crippen molar-refractivity contribution in [2.45, 2.75) is 65.2 Å². The van der Waals surface area contributed by atoms with E-state index < -0.39 is 0 Å². The lowest BCUT2D eigenvalue weighted by Crippen LogP contribution is -2.29. The molecule has 0 atom stereocenters. The maximum atomic E-state index is 8.60. The van der Waals surface area contributed by atoms with Crippen molar-refractivity contribution in [3.05, 3.63) is 0 Å². The second-order valence-corrected chi connectivity index (χ2v) is 6.54. The van der Waals surface area contributed by atoms with Gasteiger partial charge in [-0.3, -0.25) is 0 Å². The molecule has 0 saturated heterocycles. The van der Waals surface area contributed by atoms with E-state index in [1.165, 1.54) is 44.9 Å². The van der Waals surface area contributed by atoms with E-state index in [-0.39, 0.29) is 5.41 Å². The van der Waals surface area contributed by atoms with Gasteiger partial charge in [0.15, 0.2) is 0 Å². The standard InChI is InChI=1S/C15H31N3O/c1-13(2)7-5-3-4-6-10-17-12-15(8-9-15)11-14(16)18-19/h13,17,19H,3-12H2,1-2H3,(H2,16,18). The Morgan fingerprint density at radius 3 is 2.53 bits per heavy atom. The number of rotatable bonds is 11. The Bertz CT molecular complexity index is 273. The van der Waals surface area contributed by atoms with Crippen LogP contribution in [-0.2, 0) is 0 Å². The number of amidine groups is 1. The van der Waals surface area contributed by atoms with Crippen molar-refractivity contribution in [2.24, 2.45) is 22.2 Å². The number of nitrogens with one attached hydrogen (secondary N) is 1. The molecule has 0 bridgehead atoms. The number of hydrogen-bond donors (Lipinski definition) is 3. The molecule has 0 amide bonds. The Balaban J connectivity index is 1.94. The smallest absolute Gasteiger partial charge is 0.139 e. The summed E-state index contributed by atoms with van der Waals surface area (Å²) in [5.74, 6) is 1.21. The van der Waals surface area contributed by atoms with E-state index in [4.69, 9.17) is 10.9 Å². The summed E-state index contributed by atoms with van der Waals surface area (Å²) in [6.45, 7) is 6.69. The van der Waals surface area contributed by atoms with Crippen LogP contribution in [-0.4, -0.2) is 24.1 Å². The summed E-state index contributed by atoms with van der Waals surface area (Å²) >= 11 is 0. The summed E-state index contributed by atoms with van der Waals surface area (Å²) in [7, 11) is 0. The van der Waals surface area contributed by atoms with E-state index in [0.29, 0.717) is 5.84 Å². The number of unbranched alkanes of at least 4 members (excludes halogenated alkanes) is 3. The van der Waals surface area contributed by atoms with Gasteiger partial charge in [-0.2, -0.15) is 0 Å². The van der Waals surface area contributed by atoms with Gasteiger partial charge < -0.3 is 16.3 Å². The van der Waals surface area contributed by atoms with Crippen LogP contribution in [0.25, 0.3) is 0 Å². The molecule has 1 aliphatic rings. The van der Waals surface area contributed by atoms with Crippen LogP contribution in [0.5, 0.6) is 0 Å². The normalized spacial score (nSPS) is 17.9. The van der Waals surface area contributed by atoms with Crippen LogP contribution in [0, 0.1) is 11.3 Å². The van der Waals surface area contributed by atoms with Gasteiger partial charge in [-0.05, 0) is 37.1 Å². The monoisotopic (exact) mass is 269 g/mol. The number of nitrogens with two attached hydrogens (primary N) is 1. The molecule has 112 valence electrons. The average molecular weight is 269 g/mol. The lowest BCUT2D eigenvalue weighted by atomic mass is 10.0. The van der Waals surface area contributed by atoms with Crippen LogP contribution in [0.1, 0.15) is 65.2 Å². The summed E-state index contributed by atoms with van der Waals surface area (Å²) in [6, 6.07) is 0. The maximum absolute atomic E-state index is 8.60. The highest BCUT2D eigenvalue weighted by molar-refractivity contribution is 5.80. The van der Waals surface area contributed by atoms with Gasteiger partial charge in [-0.15, -0.1) is 0 Å². The largest absolute Gasteiger partial charge is 0.409 e. The van der Waals surface area contributed by atoms with Crippen molar-refractivity contribution in [2.75, 3.05) is 13.1 Å². The Hall–Kier alpha value is -0.770. The lowest BCUT2D eigenvalue weighted by molar-refractivity contribution is 0.314. The fourth-order valence-electron chi connectivity index (χ4n) is 2.52. The molecule has 0 unspecified atom stereocenters. The first-order valence-corrected chi connectivity index (χ1v) is 7.75. The first kappa shape index (κ1) is 16.3. The molecule has 0 aromatic rings. The third kappa shape index (κ3) is 7.41. The third-order valence-corrected chi connectivity index (χ3v) is 4.03. The molecule has 4 N–H and O–H groups in total. The minimum Gasteiger partial charge on any atom is -0.409 e. The zero-order chi connectivity index (χ0) is 14.1. The van der Waals surface area contributed by atoms with E-state index in [9.17, 15) is 0 Å². The fourth-order valence-corrected chi connectivity index (χ4v) is 2.52. The molecule has 4 nitrogen and oxygen atoms in total. The first-order chi connectivity index (χ1) is 9.08. The van der Waals surface area contributed by atoms with Crippen LogP contribution in [0.2, 0.25) is 0 Å². The summed E-state index contributed by atoms with van der Waals surface area (Å²) in [5.41, 5.74) is 5.87. The number of oxime groups is 1. The fraction of sp³-hybridized carbons (Fsp3) is 0.933. The summed E-state index contributed by atoms with van der Waals surface area (Å²) in [5, 5.41) is 15.2. The van der Waals surface area contributed by atoms with E-state index in [2.05, 4.69) is 24.3 Å². The minimum absolute atomic E-state index is 0.286. The molecule has 19 heavy (non-hydrogen) atoms. The van der Waals surface area contributed by atoms with E-state index in [0.717, 1.165) is 25.4 Å².